The third-order valence-corrected chi connectivity index (χ3v) is 5.72. The maximum absolute atomic E-state index is 12.3. The maximum Gasteiger partial charge on any atom is 0.220 e. The summed E-state index contributed by atoms with van der Waals surface area (Å²) < 4.78 is 5.55. The normalized spacial score (nSPS) is 23.1. The lowest BCUT2D eigenvalue weighted by Gasteiger charge is -2.38. The van der Waals surface area contributed by atoms with Gasteiger partial charge in [0.25, 0.3) is 0 Å². The molecule has 1 atom stereocenters. The standard InChI is InChI=1S/C19H27ClN2O2/c20-17-4-2-16(3-5-17)19(8-11-24-12-9-19)14-22-18(23)6-1-15-7-10-21-13-15/h2-5,15,21H,1,6-14H2,(H,22,23). The van der Waals surface area contributed by atoms with Gasteiger partial charge in [0.15, 0.2) is 0 Å². The lowest BCUT2D eigenvalue weighted by atomic mass is 9.74. The summed E-state index contributed by atoms with van der Waals surface area (Å²) in [5, 5.41) is 7.28. The number of ether oxygens (including phenoxy) is 1. The fourth-order valence-electron chi connectivity index (χ4n) is 3.79. The summed E-state index contributed by atoms with van der Waals surface area (Å²) in [4.78, 5) is 12.3. The first-order valence-corrected chi connectivity index (χ1v) is 9.37. The smallest absolute Gasteiger partial charge is 0.220 e. The van der Waals surface area contributed by atoms with E-state index in [4.69, 9.17) is 16.3 Å². The topological polar surface area (TPSA) is 50.4 Å². The van der Waals surface area contributed by atoms with Crippen molar-refractivity contribution in [1.29, 1.82) is 0 Å². The molecule has 1 aromatic rings. The van der Waals surface area contributed by atoms with E-state index in [1.807, 2.05) is 12.1 Å². The average Bonchev–Trinajstić information content (AvgIpc) is 3.13. The molecule has 24 heavy (non-hydrogen) atoms. The van der Waals surface area contributed by atoms with Crippen LogP contribution in [0.15, 0.2) is 24.3 Å². The van der Waals surface area contributed by atoms with Crippen molar-refractivity contribution in [1.82, 2.24) is 10.6 Å². The Morgan fingerprint density at radius 2 is 2.04 bits per heavy atom. The molecule has 0 bridgehead atoms. The van der Waals surface area contributed by atoms with Crippen LogP contribution in [0.2, 0.25) is 5.02 Å². The van der Waals surface area contributed by atoms with Gasteiger partial charge < -0.3 is 15.4 Å². The van der Waals surface area contributed by atoms with Crippen LogP contribution < -0.4 is 10.6 Å². The molecule has 2 aliphatic rings. The molecule has 0 aliphatic carbocycles. The molecule has 2 aliphatic heterocycles. The molecule has 2 fully saturated rings. The van der Waals surface area contributed by atoms with Crippen LogP contribution in [0.1, 0.15) is 37.7 Å². The summed E-state index contributed by atoms with van der Waals surface area (Å²) in [5.41, 5.74) is 1.21. The van der Waals surface area contributed by atoms with Crippen LogP contribution in [-0.4, -0.2) is 38.8 Å². The zero-order chi connectivity index (χ0) is 16.8. The first-order valence-electron chi connectivity index (χ1n) is 8.99. The second kappa shape index (κ2) is 8.32. The van der Waals surface area contributed by atoms with E-state index < -0.39 is 0 Å². The Morgan fingerprint density at radius 3 is 2.71 bits per heavy atom. The summed E-state index contributed by atoms with van der Waals surface area (Å²) in [5.74, 6) is 0.825. The van der Waals surface area contributed by atoms with Gasteiger partial charge in [-0.15, -0.1) is 0 Å². The number of rotatable bonds is 6. The molecule has 2 saturated heterocycles. The minimum Gasteiger partial charge on any atom is -0.381 e. The van der Waals surface area contributed by atoms with Crippen LogP contribution in [0.25, 0.3) is 0 Å². The van der Waals surface area contributed by atoms with Gasteiger partial charge in [0.2, 0.25) is 5.91 Å². The van der Waals surface area contributed by atoms with Crippen LogP contribution in [0, 0.1) is 5.92 Å². The van der Waals surface area contributed by atoms with E-state index in [1.165, 1.54) is 12.0 Å². The summed E-state index contributed by atoms with van der Waals surface area (Å²) in [6.45, 7) is 4.31. The van der Waals surface area contributed by atoms with Crippen molar-refractivity contribution in [2.45, 2.75) is 37.5 Å². The molecule has 3 rings (SSSR count). The number of carbonyl (C=O) groups excluding carboxylic acids is 1. The first kappa shape index (κ1) is 17.7. The molecule has 1 aromatic carbocycles. The second-order valence-electron chi connectivity index (χ2n) is 7.07. The Morgan fingerprint density at radius 1 is 1.29 bits per heavy atom. The van der Waals surface area contributed by atoms with Crippen molar-refractivity contribution in [3.8, 4) is 0 Å². The molecule has 0 aromatic heterocycles. The van der Waals surface area contributed by atoms with E-state index in [2.05, 4.69) is 22.8 Å². The van der Waals surface area contributed by atoms with E-state index in [0.717, 1.165) is 50.6 Å². The molecule has 1 unspecified atom stereocenters. The molecule has 0 radical (unpaired) electrons. The third kappa shape index (κ3) is 4.50. The predicted octanol–water partition coefficient (Wildman–Crippen LogP) is 2.89. The third-order valence-electron chi connectivity index (χ3n) is 5.47. The highest BCUT2D eigenvalue weighted by atomic mass is 35.5. The van der Waals surface area contributed by atoms with Gasteiger partial charge in [-0.25, -0.2) is 0 Å². The molecule has 0 spiro atoms. The van der Waals surface area contributed by atoms with Crippen molar-refractivity contribution in [2.75, 3.05) is 32.8 Å². The number of hydrogen-bond acceptors (Lipinski definition) is 3. The lowest BCUT2D eigenvalue weighted by molar-refractivity contribution is -0.121. The van der Waals surface area contributed by atoms with Crippen molar-refractivity contribution >= 4 is 17.5 Å². The van der Waals surface area contributed by atoms with E-state index in [9.17, 15) is 4.79 Å². The number of halogens is 1. The fourth-order valence-corrected chi connectivity index (χ4v) is 3.91. The molecule has 0 saturated carbocycles. The zero-order valence-corrected chi connectivity index (χ0v) is 14.9. The van der Waals surface area contributed by atoms with Gasteiger partial charge in [0.1, 0.15) is 0 Å². The van der Waals surface area contributed by atoms with E-state index in [0.29, 0.717) is 18.9 Å². The van der Waals surface area contributed by atoms with Crippen molar-refractivity contribution in [3.05, 3.63) is 34.9 Å². The number of benzene rings is 1. The SMILES string of the molecule is O=C(CCC1CCNC1)NCC1(c2ccc(Cl)cc2)CCOCC1. The predicted molar refractivity (Wildman–Crippen MR) is 96.4 cm³/mol. The van der Waals surface area contributed by atoms with Crippen molar-refractivity contribution < 1.29 is 9.53 Å². The minimum absolute atomic E-state index is 0.0343. The Labute approximate surface area is 149 Å². The molecule has 5 heteroatoms. The van der Waals surface area contributed by atoms with Crippen LogP contribution >= 0.6 is 11.6 Å². The molecule has 132 valence electrons. The van der Waals surface area contributed by atoms with Crippen molar-refractivity contribution in [2.24, 2.45) is 5.92 Å². The summed E-state index contributed by atoms with van der Waals surface area (Å²) in [7, 11) is 0. The summed E-state index contributed by atoms with van der Waals surface area (Å²) >= 11 is 6.03. The molecular weight excluding hydrogens is 324 g/mol. The van der Waals surface area contributed by atoms with Crippen LogP contribution in [0.4, 0.5) is 0 Å². The van der Waals surface area contributed by atoms with Gasteiger partial charge in [-0.1, -0.05) is 23.7 Å². The van der Waals surface area contributed by atoms with Gasteiger partial charge in [-0.05, 0) is 62.4 Å². The van der Waals surface area contributed by atoms with E-state index in [-0.39, 0.29) is 11.3 Å². The van der Waals surface area contributed by atoms with E-state index >= 15 is 0 Å². The van der Waals surface area contributed by atoms with Gasteiger partial charge in [-0.2, -0.15) is 0 Å². The van der Waals surface area contributed by atoms with Gasteiger partial charge >= 0.3 is 0 Å². The van der Waals surface area contributed by atoms with Crippen LogP contribution in [0.3, 0.4) is 0 Å². The van der Waals surface area contributed by atoms with Gasteiger partial charge in [0, 0.05) is 36.6 Å². The number of nitrogens with one attached hydrogen (secondary N) is 2. The molecule has 4 nitrogen and oxygen atoms in total. The van der Waals surface area contributed by atoms with Crippen molar-refractivity contribution in [3.63, 3.8) is 0 Å². The Bertz CT molecular complexity index is 535. The quantitative estimate of drug-likeness (QED) is 0.829. The highest BCUT2D eigenvalue weighted by Crippen LogP contribution is 2.35. The average molecular weight is 351 g/mol. The summed E-state index contributed by atoms with van der Waals surface area (Å²) in [6.07, 6.45) is 4.66. The summed E-state index contributed by atoms with van der Waals surface area (Å²) in [6, 6.07) is 8.04. The lowest BCUT2D eigenvalue weighted by Crippen LogP contribution is -2.44. The monoisotopic (exact) mass is 350 g/mol. The molecular formula is C19H27ClN2O2. The van der Waals surface area contributed by atoms with Crippen LogP contribution in [-0.2, 0) is 14.9 Å². The van der Waals surface area contributed by atoms with Crippen LogP contribution in [0.5, 0.6) is 0 Å². The largest absolute Gasteiger partial charge is 0.381 e. The zero-order valence-electron chi connectivity index (χ0n) is 14.2. The highest BCUT2D eigenvalue weighted by Gasteiger charge is 2.34. The second-order valence-corrected chi connectivity index (χ2v) is 7.51. The number of amides is 1. The Balaban J connectivity index is 1.57. The molecule has 2 heterocycles. The highest BCUT2D eigenvalue weighted by molar-refractivity contribution is 6.30. The Hall–Kier alpha value is -1.10. The van der Waals surface area contributed by atoms with Gasteiger partial charge in [-0.3, -0.25) is 4.79 Å². The fraction of sp³-hybridized carbons (Fsp3) is 0.632. The number of hydrogen-bond donors (Lipinski definition) is 2. The maximum atomic E-state index is 12.3. The molecule has 2 N–H and O–H groups in total. The van der Waals surface area contributed by atoms with Gasteiger partial charge in [0.05, 0.1) is 0 Å². The molecule has 1 amide bonds. The first-order chi connectivity index (χ1) is 11.7. The Kier molecular flexibility index (Phi) is 6.14. The minimum atomic E-state index is -0.0343. The van der Waals surface area contributed by atoms with E-state index in [1.54, 1.807) is 0 Å². The number of carbonyl (C=O) groups is 1.